The molecule has 1 heterocycles. The molecule has 0 fully saturated rings. The highest BCUT2D eigenvalue weighted by Gasteiger charge is 2.41. The highest BCUT2D eigenvalue weighted by atomic mass is 35.5. The Morgan fingerprint density at radius 1 is 1.32 bits per heavy atom. The Hall–Kier alpha value is -0.700. The van der Waals surface area contributed by atoms with Crippen LogP contribution in [0.4, 0.5) is 0 Å². The molecular formula is C15H26ClNO2. The van der Waals surface area contributed by atoms with Gasteiger partial charge in [0.2, 0.25) is 0 Å². The normalized spacial score (nSPS) is 27.6. The molecule has 4 heteroatoms. The molecule has 1 rings (SSSR count). The minimum Gasteiger partial charge on any atom is -0.499 e. The molecule has 1 aliphatic heterocycles. The maximum absolute atomic E-state index is 5.94. The van der Waals surface area contributed by atoms with Crippen LogP contribution in [0.2, 0.25) is 0 Å². The van der Waals surface area contributed by atoms with E-state index in [1.165, 1.54) is 5.57 Å². The number of hydrogen-bond donors (Lipinski definition) is 0. The number of alkyl halides is 1. The van der Waals surface area contributed by atoms with Crippen LogP contribution < -0.4 is 0 Å². The Balaban J connectivity index is 3.37. The lowest BCUT2D eigenvalue weighted by Gasteiger charge is -2.38. The summed E-state index contributed by atoms with van der Waals surface area (Å²) in [6, 6.07) is 0. The zero-order valence-corrected chi connectivity index (χ0v) is 13.7. The second-order valence-corrected chi connectivity index (χ2v) is 5.88. The van der Waals surface area contributed by atoms with Crippen LogP contribution in [0.5, 0.6) is 0 Å². The summed E-state index contributed by atoms with van der Waals surface area (Å²) < 4.78 is 11.2. The van der Waals surface area contributed by atoms with Gasteiger partial charge in [-0.25, -0.2) is 4.99 Å². The Kier molecular flexibility index (Phi) is 5.72. The van der Waals surface area contributed by atoms with Crippen LogP contribution in [-0.2, 0) is 9.47 Å². The first-order valence-electron chi connectivity index (χ1n) is 6.92. The molecule has 0 spiro atoms. The van der Waals surface area contributed by atoms with Gasteiger partial charge in [0.05, 0.1) is 20.1 Å². The molecule has 0 N–H and O–H groups in total. The highest BCUT2D eigenvalue weighted by molar-refractivity contribution is 6.17. The van der Waals surface area contributed by atoms with Gasteiger partial charge in [0, 0.05) is 5.88 Å². The molecule has 110 valence electrons. The third-order valence-corrected chi connectivity index (χ3v) is 4.01. The van der Waals surface area contributed by atoms with E-state index >= 15 is 0 Å². The number of hydrogen-bond acceptors (Lipinski definition) is 3. The molecule has 2 atom stereocenters. The zero-order chi connectivity index (χ0) is 14.6. The van der Waals surface area contributed by atoms with Crippen molar-refractivity contribution in [3.63, 3.8) is 0 Å². The molecule has 0 saturated carbocycles. The van der Waals surface area contributed by atoms with Gasteiger partial charge < -0.3 is 9.47 Å². The van der Waals surface area contributed by atoms with E-state index in [2.05, 4.69) is 27.7 Å². The first-order valence-corrected chi connectivity index (χ1v) is 7.45. The predicted octanol–water partition coefficient (Wildman–Crippen LogP) is 4.02. The van der Waals surface area contributed by atoms with E-state index in [0.29, 0.717) is 11.8 Å². The van der Waals surface area contributed by atoms with Crippen LogP contribution in [0.15, 0.2) is 16.3 Å². The van der Waals surface area contributed by atoms with Crippen molar-refractivity contribution in [3.8, 4) is 0 Å². The molecule has 1 aliphatic rings. The minimum absolute atomic E-state index is 0.202. The Labute approximate surface area is 122 Å². The quantitative estimate of drug-likeness (QED) is 0.715. The zero-order valence-electron chi connectivity index (χ0n) is 12.9. The molecule has 0 bridgehead atoms. The highest BCUT2D eigenvalue weighted by Crippen LogP contribution is 2.41. The molecule has 0 amide bonds. The fourth-order valence-corrected chi connectivity index (χ4v) is 3.31. The monoisotopic (exact) mass is 287 g/mol. The van der Waals surface area contributed by atoms with Gasteiger partial charge in [-0.3, -0.25) is 0 Å². The molecule has 0 aromatic heterocycles. The summed E-state index contributed by atoms with van der Waals surface area (Å²) in [5, 5.41) is 0. The van der Waals surface area contributed by atoms with E-state index in [4.69, 9.17) is 26.1 Å². The van der Waals surface area contributed by atoms with Gasteiger partial charge >= 0.3 is 0 Å². The Bertz CT molecular complexity index is 376. The van der Waals surface area contributed by atoms with Gasteiger partial charge in [-0.1, -0.05) is 20.8 Å². The van der Waals surface area contributed by atoms with Gasteiger partial charge in [-0.05, 0) is 31.3 Å². The maximum Gasteiger partial charge on any atom is 0.191 e. The molecule has 3 nitrogen and oxygen atoms in total. The van der Waals surface area contributed by atoms with Crippen LogP contribution in [-0.4, -0.2) is 31.5 Å². The topological polar surface area (TPSA) is 30.8 Å². The first kappa shape index (κ1) is 16.4. The number of ether oxygens (including phenoxy) is 2. The van der Waals surface area contributed by atoms with Crippen molar-refractivity contribution in [3.05, 3.63) is 11.3 Å². The van der Waals surface area contributed by atoms with Crippen molar-refractivity contribution >= 4 is 17.5 Å². The van der Waals surface area contributed by atoms with E-state index in [1.807, 2.05) is 0 Å². The summed E-state index contributed by atoms with van der Waals surface area (Å²) in [5.41, 5.74) is 0.885. The number of aliphatic imine (C=N–C) groups is 1. The Morgan fingerprint density at radius 3 is 2.32 bits per heavy atom. The van der Waals surface area contributed by atoms with Crippen LogP contribution >= 0.6 is 11.6 Å². The van der Waals surface area contributed by atoms with E-state index in [1.54, 1.807) is 14.2 Å². The van der Waals surface area contributed by atoms with Crippen LogP contribution in [0, 0.1) is 11.8 Å². The fraction of sp³-hybridized carbons (Fsp3) is 0.800. The molecule has 2 unspecified atom stereocenters. The number of halogens is 1. The number of dihydropyridines is 1. The Morgan fingerprint density at radius 2 is 1.95 bits per heavy atom. The second kappa shape index (κ2) is 6.65. The largest absolute Gasteiger partial charge is 0.499 e. The number of methoxy groups -OCH3 is 2. The summed E-state index contributed by atoms with van der Waals surface area (Å²) in [7, 11) is 3.42. The maximum atomic E-state index is 5.94. The van der Waals surface area contributed by atoms with Gasteiger partial charge in [0.25, 0.3) is 0 Å². The number of rotatable bonds is 5. The van der Waals surface area contributed by atoms with Crippen molar-refractivity contribution < 1.29 is 9.47 Å². The SMILES string of the molecule is CCC1=C(OC)C(C)(CCCl)N=C(OC)C1C(C)C. The summed E-state index contributed by atoms with van der Waals surface area (Å²) in [4.78, 5) is 4.80. The van der Waals surface area contributed by atoms with Gasteiger partial charge in [0.1, 0.15) is 11.3 Å². The van der Waals surface area contributed by atoms with Crippen LogP contribution in [0.3, 0.4) is 0 Å². The second-order valence-electron chi connectivity index (χ2n) is 5.50. The van der Waals surface area contributed by atoms with Gasteiger partial charge in [-0.2, -0.15) is 0 Å². The summed E-state index contributed by atoms with van der Waals surface area (Å²) in [5.74, 6) is 2.95. The number of nitrogens with zero attached hydrogens (tertiary/aromatic N) is 1. The lowest BCUT2D eigenvalue weighted by atomic mass is 9.78. The fourth-order valence-electron chi connectivity index (χ4n) is 2.94. The molecule has 0 aromatic carbocycles. The van der Waals surface area contributed by atoms with Crippen molar-refractivity contribution in [1.29, 1.82) is 0 Å². The molecule has 0 saturated heterocycles. The van der Waals surface area contributed by atoms with Crippen LogP contribution in [0.1, 0.15) is 40.5 Å². The molecule has 0 radical (unpaired) electrons. The molecular weight excluding hydrogens is 262 g/mol. The van der Waals surface area contributed by atoms with Crippen molar-refractivity contribution in [2.24, 2.45) is 16.8 Å². The van der Waals surface area contributed by atoms with Crippen molar-refractivity contribution in [2.75, 3.05) is 20.1 Å². The van der Waals surface area contributed by atoms with Gasteiger partial charge in [-0.15, -0.1) is 11.6 Å². The predicted molar refractivity (Wildman–Crippen MR) is 80.8 cm³/mol. The van der Waals surface area contributed by atoms with E-state index in [0.717, 1.165) is 24.5 Å². The third-order valence-electron chi connectivity index (χ3n) is 3.82. The summed E-state index contributed by atoms with van der Waals surface area (Å²) in [6.45, 7) is 8.60. The standard InChI is InChI=1S/C15H26ClNO2/c1-7-11-12(10(2)3)14(19-6)17-15(4,8-9-16)13(11)18-5/h10,12H,7-9H2,1-6H3. The molecule has 19 heavy (non-hydrogen) atoms. The average molecular weight is 288 g/mol. The van der Waals surface area contributed by atoms with E-state index in [-0.39, 0.29) is 5.92 Å². The lowest BCUT2D eigenvalue weighted by Crippen LogP contribution is -2.39. The van der Waals surface area contributed by atoms with E-state index < -0.39 is 5.54 Å². The third kappa shape index (κ3) is 3.07. The van der Waals surface area contributed by atoms with Crippen LogP contribution in [0.25, 0.3) is 0 Å². The van der Waals surface area contributed by atoms with E-state index in [9.17, 15) is 0 Å². The van der Waals surface area contributed by atoms with Crippen molar-refractivity contribution in [1.82, 2.24) is 0 Å². The smallest absolute Gasteiger partial charge is 0.191 e. The van der Waals surface area contributed by atoms with Crippen molar-refractivity contribution in [2.45, 2.75) is 46.1 Å². The first-order chi connectivity index (χ1) is 8.95. The lowest BCUT2D eigenvalue weighted by molar-refractivity contribution is 0.200. The summed E-state index contributed by atoms with van der Waals surface area (Å²) in [6.07, 6.45) is 1.69. The molecule has 0 aliphatic carbocycles. The average Bonchev–Trinajstić information content (AvgIpc) is 2.36. The minimum atomic E-state index is -0.404. The molecule has 0 aromatic rings. The summed E-state index contributed by atoms with van der Waals surface area (Å²) >= 11 is 5.94. The van der Waals surface area contributed by atoms with Gasteiger partial charge in [0.15, 0.2) is 5.90 Å².